The van der Waals surface area contributed by atoms with Crippen molar-refractivity contribution in [3.05, 3.63) is 58.7 Å². The van der Waals surface area contributed by atoms with Gasteiger partial charge in [0.15, 0.2) is 0 Å². The minimum Gasteiger partial charge on any atom is -0.399 e. The Kier molecular flexibility index (Phi) is 5.29. The summed E-state index contributed by atoms with van der Waals surface area (Å²) in [7, 11) is 0. The minimum atomic E-state index is -0.466. The quantitative estimate of drug-likeness (QED) is 0.313. The molecule has 0 aliphatic heterocycles. The predicted molar refractivity (Wildman–Crippen MR) is 88.6 cm³/mol. The fraction of sp³-hybridized carbons (Fsp3) is 0.125. The molecule has 0 radical (unpaired) electrons. The number of nitrogens with one attached hydrogen (secondary N) is 1. The summed E-state index contributed by atoms with van der Waals surface area (Å²) < 4.78 is 0. The van der Waals surface area contributed by atoms with Gasteiger partial charge in [-0.2, -0.15) is 5.10 Å². The van der Waals surface area contributed by atoms with Crippen molar-refractivity contribution in [2.24, 2.45) is 5.10 Å². The molecule has 7 heteroatoms. The summed E-state index contributed by atoms with van der Waals surface area (Å²) >= 11 is 0. The summed E-state index contributed by atoms with van der Waals surface area (Å²) in [6.07, 6.45) is 1.42. The Bertz CT molecular complexity index is 744. The van der Waals surface area contributed by atoms with Crippen molar-refractivity contribution in [1.29, 1.82) is 0 Å². The van der Waals surface area contributed by atoms with E-state index in [2.05, 4.69) is 10.5 Å². The van der Waals surface area contributed by atoms with Crippen LogP contribution in [0, 0.1) is 0 Å². The Morgan fingerprint density at radius 1 is 1.04 bits per heavy atom. The maximum Gasteiger partial charge on any atom is 0.271 e. The number of anilines is 2. The third-order valence-electron chi connectivity index (χ3n) is 3.25. The van der Waals surface area contributed by atoms with Crippen molar-refractivity contribution in [3.8, 4) is 0 Å². The third kappa shape index (κ3) is 4.06. The monoisotopic (exact) mass is 314 g/mol. The molecular weight excluding hydrogens is 296 g/mol. The van der Waals surface area contributed by atoms with Crippen LogP contribution in [-0.4, -0.2) is 22.3 Å². The molecule has 0 atom stereocenters. The molecule has 0 heterocycles. The van der Waals surface area contributed by atoms with Crippen LogP contribution >= 0.6 is 0 Å². The molecule has 7 N–H and O–H groups in total. The van der Waals surface area contributed by atoms with E-state index < -0.39 is 5.91 Å². The summed E-state index contributed by atoms with van der Waals surface area (Å²) in [5, 5.41) is 22.4. The number of aliphatic hydroxyl groups excluding tert-OH is 2. The molecule has 0 unspecified atom stereocenters. The smallest absolute Gasteiger partial charge is 0.271 e. The molecule has 2 aromatic rings. The van der Waals surface area contributed by atoms with Gasteiger partial charge in [-0.25, -0.2) is 5.43 Å². The second-order valence-electron chi connectivity index (χ2n) is 4.89. The van der Waals surface area contributed by atoms with Crippen molar-refractivity contribution in [2.45, 2.75) is 13.2 Å². The van der Waals surface area contributed by atoms with Crippen LogP contribution in [0.5, 0.6) is 0 Å². The number of amides is 1. The molecule has 1 amide bonds. The Morgan fingerprint density at radius 3 is 2.30 bits per heavy atom. The van der Waals surface area contributed by atoms with Gasteiger partial charge in [-0.1, -0.05) is 6.07 Å². The number of nitrogens with two attached hydrogens (primary N) is 2. The molecule has 0 aliphatic rings. The molecule has 0 aromatic heterocycles. The van der Waals surface area contributed by atoms with Crippen LogP contribution in [0.1, 0.15) is 27.0 Å². The van der Waals surface area contributed by atoms with E-state index in [0.29, 0.717) is 33.6 Å². The second-order valence-corrected chi connectivity index (χ2v) is 4.89. The zero-order chi connectivity index (χ0) is 16.8. The van der Waals surface area contributed by atoms with E-state index in [9.17, 15) is 15.0 Å². The first-order valence-corrected chi connectivity index (χ1v) is 6.87. The maximum absolute atomic E-state index is 12.1. The van der Waals surface area contributed by atoms with Crippen molar-refractivity contribution >= 4 is 23.5 Å². The standard InChI is InChI=1S/C16H18N4O3/c17-13-2-1-10(11(5-13)8-21)7-19-20-16(23)15-4-3-14(18)6-12(15)9-22/h1-7,21-22H,8-9,17-18H2,(H,20,23)/b19-7+. The third-order valence-corrected chi connectivity index (χ3v) is 3.25. The number of benzene rings is 2. The lowest BCUT2D eigenvalue weighted by Gasteiger charge is -2.07. The average Bonchev–Trinajstić information content (AvgIpc) is 2.55. The first-order chi connectivity index (χ1) is 11.0. The van der Waals surface area contributed by atoms with Crippen molar-refractivity contribution in [3.63, 3.8) is 0 Å². The summed E-state index contributed by atoms with van der Waals surface area (Å²) in [5.74, 6) is -0.466. The molecule has 120 valence electrons. The molecular formula is C16H18N4O3. The van der Waals surface area contributed by atoms with Crippen LogP contribution in [0.4, 0.5) is 11.4 Å². The average molecular weight is 314 g/mol. The number of nitrogens with zero attached hydrogens (tertiary/aromatic N) is 1. The van der Waals surface area contributed by atoms with Crippen LogP contribution in [-0.2, 0) is 13.2 Å². The zero-order valence-electron chi connectivity index (χ0n) is 12.4. The molecule has 0 bridgehead atoms. The highest BCUT2D eigenvalue weighted by Crippen LogP contribution is 2.14. The first-order valence-electron chi connectivity index (χ1n) is 6.87. The van der Waals surface area contributed by atoms with Crippen molar-refractivity contribution < 1.29 is 15.0 Å². The van der Waals surface area contributed by atoms with Gasteiger partial charge < -0.3 is 21.7 Å². The molecule has 2 rings (SSSR count). The van der Waals surface area contributed by atoms with Gasteiger partial charge in [0, 0.05) is 22.5 Å². The number of rotatable bonds is 5. The lowest BCUT2D eigenvalue weighted by Crippen LogP contribution is -2.19. The van der Waals surface area contributed by atoms with E-state index >= 15 is 0 Å². The van der Waals surface area contributed by atoms with E-state index in [4.69, 9.17) is 11.5 Å². The molecule has 23 heavy (non-hydrogen) atoms. The number of carbonyl (C=O) groups excluding carboxylic acids is 1. The van der Waals surface area contributed by atoms with E-state index in [1.807, 2.05) is 0 Å². The maximum atomic E-state index is 12.1. The van der Waals surface area contributed by atoms with Crippen LogP contribution in [0.15, 0.2) is 41.5 Å². The zero-order valence-corrected chi connectivity index (χ0v) is 12.4. The van der Waals surface area contributed by atoms with Gasteiger partial charge in [0.2, 0.25) is 0 Å². The Hall–Kier alpha value is -2.90. The van der Waals surface area contributed by atoms with E-state index in [0.717, 1.165) is 0 Å². The number of hydrogen-bond acceptors (Lipinski definition) is 6. The minimum absolute atomic E-state index is 0.188. The van der Waals surface area contributed by atoms with Crippen molar-refractivity contribution in [2.75, 3.05) is 11.5 Å². The molecule has 0 saturated carbocycles. The lowest BCUT2D eigenvalue weighted by atomic mass is 10.1. The fourth-order valence-electron chi connectivity index (χ4n) is 2.08. The van der Waals surface area contributed by atoms with Gasteiger partial charge in [-0.05, 0) is 41.5 Å². The van der Waals surface area contributed by atoms with Gasteiger partial charge in [0.05, 0.1) is 19.4 Å². The fourth-order valence-corrected chi connectivity index (χ4v) is 2.08. The van der Waals surface area contributed by atoms with Crippen LogP contribution < -0.4 is 16.9 Å². The van der Waals surface area contributed by atoms with Gasteiger partial charge in [-0.3, -0.25) is 4.79 Å². The van der Waals surface area contributed by atoms with Gasteiger partial charge in [0.1, 0.15) is 0 Å². The van der Waals surface area contributed by atoms with Crippen LogP contribution in [0.2, 0.25) is 0 Å². The number of aliphatic hydroxyl groups is 2. The summed E-state index contributed by atoms with van der Waals surface area (Å²) in [6, 6.07) is 9.62. The highest BCUT2D eigenvalue weighted by Gasteiger charge is 2.10. The highest BCUT2D eigenvalue weighted by atomic mass is 16.3. The summed E-state index contributed by atoms with van der Waals surface area (Å²) in [6.45, 7) is -0.489. The Labute approximate surface area is 133 Å². The molecule has 7 nitrogen and oxygen atoms in total. The number of hydrazone groups is 1. The Morgan fingerprint density at radius 2 is 1.65 bits per heavy atom. The van der Waals surface area contributed by atoms with E-state index in [-0.39, 0.29) is 13.2 Å². The second kappa shape index (κ2) is 7.39. The lowest BCUT2D eigenvalue weighted by molar-refractivity contribution is 0.0952. The van der Waals surface area contributed by atoms with E-state index in [1.165, 1.54) is 18.3 Å². The normalized spacial score (nSPS) is 10.9. The predicted octanol–water partition coefficient (Wildman–Crippen LogP) is 0.599. The molecule has 0 aliphatic carbocycles. The molecule has 0 saturated heterocycles. The summed E-state index contributed by atoms with van der Waals surface area (Å²) in [4.78, 5) is 12.1. The first kappa shape index (κ1) is 16.5. The van der Waals surface area contributed by atoms with Crippen LogP contribution in [0.25, 0.3) is 0 Å². The summed E-state index contributed by atoms with van der Waals surface area (Å²) in [5.41, 5.74) is 16.6. The van der Waals surface area contributed by atoms with E-state index in [1.54, 1.807) is 24.3 Å². The molecule has 0 fully saturated rings. The molecule has 2 aromatic carbocycles. The van der Waals surface area contributed by atoms with Crippen LogP contribution in [0.3, 0.4) is 0 Å². The number of carbonyl (C=O) groups is 1. The van der Waals surface area contributed by atoms with Gasteiger partial charge >= 0.3 is 0 Å². The van der Waals surface area contributed by atoms with Crippen molar-refractivity contribution in [1.82, 2.24) is 5.43 Å². The topological polar surface area (TPSA) is 134 Å². The Balaban J connectivity index is 2.13. The van der Waals surface area contributed by atoms with Gasteiger partial charge in [-0.15, -0.1) is 0 Å². The number of hydrogen-bond donors (Lipinski definition) is 5. The SMILES string of the molecule is Nc1ccc(/C=N/NC(=O)c2ccc(N)cc2CO)c(CO)c1. The highest BCUT2D eigenvalue weighted by molar-refractivity contribution is 5.96. The van der Waals surface area contributed by atoms with Gasteiger partial charge in [0.25, 0.3) is 5.91 Å². The largest absolute Gasteiger partial charge is 0.399 e. The molecule has 0 spiro atoms. The number of nitrogen functional groups attached to an aromatic ring is 2.